The molecule has 2 atom stereocenters. The van der Waals surface area contributed by atoms with Crippen LogP contribution in [0.15, 0.2) is 0 Å². The Morgan fingerprint density at radius 3 is 2.50 bits per heavy atom. The van der Waals surface area contributed by atoms with Crippen LogP contribution in [0.4, 0.5) is 0 Å². The van der Waals surface area contributed by atoms with E-state index in [0.29, 0.717) is 11.9 Å². The first-order chi connectivity index (χ1) is 8.53. The number of halogens is 2. The van der Waals surface area contributed by atoms with Crippen LogP contribution in [0.25, 0.3) is 0 Å². The van der Waals surface area contributed by atoms with E-state index >= 15 is 0 Å². The summed E-state index contributed by atoms with van der Waals surface area (Å²) in [4.78, 5) is 17.0. The number of hydrogen-bond donors (Lipinski definition) is 1. The summed E-state index contributed by atoms with van der Waals surface area (Å²) >= 11 is 0. The molecule has 20 heavy (non-hydrogen) atoms. The number of nitrogens with one attached hydrogen (secondary N) is 1. The number of amides is 1. The van der Waals surface area contributed by atoms with Gasteiger partial charge in [0, 0.05) is 19.1 Å². The molecule has 0 aliphatic carbocycles. The second-order valence-electron chi connectivity index (χ2n) is 6.23. The molecule has 1 amide bonds. The topological polar surface area (TPSA) is 35.6 Å². The molecule has 2 fully saturated rings. The molecule has 0 bridgehead atoms. The molecular weight excluding hydrogens is 297 g/mol. The summed E-state index contributed by atoms with van der Waals surface area (Å²) in [7, 11) is 4.22. The van der Waals surface area contributed by atoms with Crippen molar-refractivity contribution in [2.24, 2.45) is 0 Å². The molecule has 2 saturated heterocycles. The fraction of sp³-hybridized carbons (Fsp3) is 0.929. The zero-order valence-electron chi connectivity index (χ0n) is 12.9. The van der Waals surface area contributed by atoms with E-state index in [4.69, 9.17) is 0 Å². The zero-order valence-corrected chi connectivity index (χ0v) is 14.5. The maximum absolute atomic E-state index is 12.7. The molecule has 0 aromatic heterocycles. The number of nitrogens with zero attached hydrogens (tertiary/aromatic N) is 2. The Balaban J connectivity index is 0.00000180. The average molecular weight is 326 g/mol. The molecule has 4 nitrogen and oxygen atoms in total. The van der Waals surface area contributed by atoms with E-state index in [1.54, 1.807) is 0 Å². The predicted molar refractivity (Wildman–Crippen MR) is 88.0 cm³/mol. The van der Waals surface area contributed by atoms with Gasteiger partial charge in [-0.05, 0) is 59.7 Å². The van der Waals surface area contributed by atoms with Crippen LogP contribution in [0.2, 0.25) is 0 Å². The molecular formula is C14H29Cl2N3O. The minimum Gasteiger partial charge on any atom is -0.340 e. The van der Waals surface area contributed by atoms with Crippen LogP contribution in [0, 0.1) is 0 Å². The lowest BCUT2D eigenvalue weighted by Crippen LogP contribution is -2.60. The van der Waals surface area contributed by atoms with Gasteiger partial charge in [-0.25, -0.2) is 0 Å². The first-order valence-corrected chi connectivity index (χ1v) is 7.24. The van der Waals surface area contributed by atoms with E-state index < -0.39 is 0 Å². The van der Waals surface area contributed by atoms with Crippen LogP contribution < -0.4 is 5.32 Å². The third-order valence-corrected chi connectivity index (χ3v) is 4.50. The number of likely N-dealkylation sites (tertiary alicyclic amines) is 1. The smallest absolute Gasteiger partial charge is 0.242 e. The minimum atomic E-state index is -0.313. The molecule has 2 aliphatic heterocycles. The fourth-order valence-corrected chi connectivity index (χ4v) is 3.15. The van der Waals surface area contributed by atoms with Gasteiger partial charge in [0.25, 0.3) is 0 Å². The first-order valence-electron chi connectivity index (χ1n) is 7.24. The van der Waals surface area contributed by atoms with E-state index in [1.807, 2.05) is 0 Å². The standard InChI is InChI=1S/C14H27N3O.2ClH/c1-14(8-4-5-9-15-14)13(18)17-10-6-7-12(11-17)16(2)3;;/h12,15H,4-11H2,1-3H3;2*1H. The van der Waals surface area contributed by atoms with Crippen molar-refractivity contribution in [3.05, 3.63) is 0 Å². The van der Waals surface area contributed by atoms with Gasteiger partial charge in [-0.3, -0.25) is 4.79 Å². The summed E-state index contributed by atoms with van der Waals surface area (Å²) in [5.74, 6) is 0.314. The molecule has 2 heterocycles. The van der Waals surface area contributed by atoms with Crippen LogP contribution >= 0.6 is 24.8 Å². The Labute approximate surface area is 135 Å². The highest BCUT2D eigenvalue weighted by molar-refractivity contribution is 5.86. The van der Waals surface area contributed by atoms with Crippen molar-refractivity contribution in [1.82, 2.24) is 15.1 Å². The largest absolute Gasteiger partial charge is 0.340 e. The molecule has 0 saturated carbocycles. The number of carbonyl (C=O) groups excluding carboxylic acids is 1. The minimum absolute atomic E-state index is 0. The van der Waals surface area contributed by atoms with Crippen LogP contribution in [0.3, 0.4) is 0 Å². The zero-order chi connectivity index (χ0) is 13.2. The molecule has 6 heteroatoms. The van der Waals surface area contributed by atoms with E-state index in [0.717, 1.165) is 32.5 Å². The lowest BCUT2D eigenvalue weighted by molar-refractivity contribution is -0.140. The van der Waals surface area contributed by atoms with Gasteiger partial charge in [-0.1, -0.05) is 0 Å². The Morgan fingerprint density at radius 2 is 1.95 bits per heavy atom. The van der Waals surface area contributed by atoms with Gasteiger partial charge in [0.2, 0.25) is 5.91 Å². The van der Waals surface area contributed by atoms with Gasteiger partial charge in [-0.2, -0.15) is 0 Å². The van der Waals surface area contributed by atoms with Gasteiger partial charge >= 0.3 is 0 Å². The number of piperidine rings is 2. The van der Waals surface area contributed by atoms with Crippen LogP contribution in [-0.2, 0) is 4.79 Å². The highest BCUT2D eigenvalue weighted by atomic mass is 35.5. The van der Waals surface area contributed by atoms with Crippen LogP contribution in [0.1, 0.15) is 39.0 Å². The van der Waals surface area contributed by atoms with Gasteiger partial charge in [-0.15, -0.1) is 24.8 Å². The Kier molecular flexibility index (Phi) is 8.41. The van der Waals surface area contributed by atoms with Crippen molar-refractivity contribution in [2.75, 3.05) is 33.7 Å². The number of rotatable bonds is 2. The van der Waals surface area contributed by atoms with E-state index in [1.165, 1.54) is 19.3 Å². The Hall–Kier alpha value is -0.0300. The quantitative estimate of drug-likeness (QED) is 0.842. The fourth-order valence-electron chi connectivity index (χ4n) is 3.15. The average Bonchev–Trinajstić information content (AvgIpc) is 2.39. The summed E-state index contributed by atoms with van der Waals surface area (Å²) in [6, 6.07) is 0.523. The summed E-state index contributed by atoms with van der Waals surface area (Å²) in [6.45, 7) is 4.88. The van der Waals surface area contributed by atoms with Crippen molar-refractivity contribution < 1.29 is 4.79 Å². The van der Waals surface area contributed by atoms with Crippen molar-refractivity contribution in [3.63, 3.8) is 0 Å². The molecule has 0 spiro atoms. The van der Waals surface area contributed by atoms with Crippen molar-refractivity contribution in [3.8, 4) is 0 Å². The maximum Gasteiger partial charge on any atom is 0.242 e. The van der Waals surface area contributed by atoms with Gasteiger partial charge < -0.3 is 15.1 Å². The lowest BCUT2D eigenvalue weighted by atomic mass is 9.88. The van der Waals surface area contributed by atoms with Crippen molar-refractivity contribution in [1.29, 1.82) is 0 Å². The molecule has 0 radical (unpaired) electrons. The lowest BCUT2D eigenvalue weighted by Gasteiger charge is -2.42. The normalized spacial score (nSPS) is 30.4. The van der Waals surface area contributed by atoms with Crippen LogP contribution in [-0.4, -0.2) is 61.0 Å². The van der Waals surface area contributed by atoms with Gasteiger partial charge in [0.05, 0.1) is 5.54 Å². The summed E-state index contributed by atoms with van der Waals surface area (Å²) in [5, 5.41) is 3.43. The number of likely N-dealkylation sites (N-methyl/N-ethyl adjacent to an activating group) is 1. The van der Waals surface area contributed by atoms with Crippen molar-refractivity contribution in [2.45, 2.75) is 50.6 Å². The predicted octanol–water partition coefficient (Wildman–Crippen LogP) is 1.91. The monoisotopic (exact) mass is 325 g/mol. The third-order valence-electron chi connectivity index (χ3n) is 4.50. The molecule has 2 rings (SSSR count). The number of carbonyl (C=O) groups is 1. The molecule has 1 N–H and O–H groups in total. The summed E-state index contributed by atoms with van der Waals surface area (Å²) in [5.41, 5.74) is -0.313. The van der Waals surface area contributed by atoms with Crippen molar-refractivity contribution >= 4 is 30.7 Å². The molecule has 2 aliphatic rings. The summed E-state index contributed by atoms with van der Waals surface area (Å²) < 4.78 is 0. The number of hydrogen-bond acceptors (Lipinski definition) is 3. The first kappa shape index (κ1) is 20.0. The van der Waals surface area contributed by atoms with E-state index in [-0.39, 0.29) is 30.4 Å². The van der Waals surface area contributed by atoms with Gasteiger partial charge in [0.15, 0.2) is 0 Å². The second-order valence-corrected chi connectivity index (χ2v) is 6.23. The Bertz CT molecular complexity index is 307. The molecule has 0 aromatic rings. The van der Waals surface area contributed by atoms with Gasteiger partial charge in [0.1, 0.15) is 0 Å². The third kappa shape index (κ3) is 4.48. The highest BCUT2D eigenvalue weighted by Gasteiger charge is 2.39. The molecule has 0 aromatic carbocycles. The maximum atomic E-state index is 12.7. The second kappa shape index (κ2) is 8.42. The highest BCUT2D eigenvalue weighted by Crippen LogP contribution is 2.24. The van der Waals surface area contributed by atoms with E-state index in [9.17, 15) is 4.79 Å². The Morgan fingerprint density at radius 1 is 1.25 bits per heavy atom. The van der Waals surface area contributed by atoms with Crippen LogP contribution in [0.5, 0.6) is 0 Å². The molecule has 2 unspecified atom stereocenters. The SMILES string of the molecule is CN(C)C1CCCN(C(=O)C2(C)CCCCN2)C1.Cl.Cl. The summed E-state index contributed by atoms with van der Waals surface area (Å²) in [6.07, 6.45) is 5.68. The van der Waals surface area contributed by atoms with E-state index in [2.05, 4.69) is 36.1 Å². The molecule has 120 valence electrons.